The second-order valence-electron chi connectivity index (χ2n) is 15.1. The van der Waals surface area contributed by atoms with Gasteiger partial charge in [-0.3, -0.25) is 14.2 Å². The van der Waals surface area contributed by atoms with E-state index in [1.165, 1.54) is 64.2 Å². The summed E-state index contributed by atoms with van der Waals surface area (Å²) < 4.78 is 33.8. The Morgan fingerprint density at radius 2 is 1.07 bits per heavy atom. The first kappa shape index (κ1) is 51.7. The van der Waals surface area contributed by atoms with Crippen molar-refractivity contribution in [1.29, 1.82) is 0 Å². The van der Waals surface area contributed by atoms with Crippen molar-refractivity contribution < 1.29 is 42.1 Å². The number of allylic oxidation sites excluding steroid dienone is 10. The molecule has 0 amide bonds. The third-order valence-corrected chi connectivity index (χ3v) is 9.58. The highest BCUT2D eigenvalue weighted by atomic mass is 31.2. The molecule has 0 saturated heterocycles. The Morgan fingerprint density at radius 3 is 1.65 bits per heavy atom. The topological polar surface area (TPSA) is 111 Å². The first-order valence-corrected chi connectivity index (χ1v) is 22.5. The third-order valence-electron chi connectivity index (χ3n) is 8.62. The summed E-state index contributed by atoms with van der Waals surface area (Å²) in [6.45, 7) is 4.01. The van der Waals surface area contributed by atoms with E-state index < -0.39 is 32.5 Å². The molecule has 0 bridgehead atoms. The molecule has 2 atom stereocenters. The Balaban J connectivity index is 4.43. The second-order valence-corrected chi connectivity index (χ2v) is 16.5. The minimum Gasteiger partial charge on any atom is -0.756 e. The highest BCUT2D eigenvalue weighted by Crippen LogP contribution is 2.38. The molecule has 10 heteroatoms. The van der Waals surface area contributed by atoms with Crippen molar-refractivity contribution in [2.75, 3.05) is 47.5 Å². The van der Waals surface area contributed by atoms with Crippen molar-refractivity contribution in [3.8, 4) is 0 Å². The molecule has 0 fully saturated rings. The van der Waals surface area contributed by atoms with E-state index in [4.69, 9.17) is 18.5 Å². The number of hydrogen-bond acceptors (Lipinski definition) is 8. The number of esters is 2. The normalized spacial score (nSPS) is 14.3. The zero-order valence-electron chi connectivity index (χ0n) is 34.9. The minimum absolute atomic E-state index is 0.0421. The van der Waals surface area contributed by atoms with Crippen LogP contribution in [0.2, 0.25) is 0 Å². The average molecular weight is 780 g/mol. The van der Waals surface area contributed by atoms with Gasteiger partial charge in [-0.05, 0) is 57.8 Å². The molecule has 0 aliphatic rings. The summed E-state index contributed by atoms with van der Waals surface area (Å²) in [5.74, 6) is -0.890. The van der Waals surface area contributed by atoms with Crippen molar-refractivity contribution >= 4 is 19.8 Å². The number of phosphoric acid groups is 1. The van der Waals surface area contributed by atoms with E-state index in [1.54, 1.807) is 0 Å². The van der Waals surface area contributed by atoms with E-state index in [0.717, 1.165) is 57.8 Å². The highest BCUT2D eigenvalue weighted by Gasteiger charge is 2.21. The fraction of sp³-hybridized carbons (Fsp3) is 0.727. The Labute approximate surface area is 330 Å². The number of phosphoric ester groups is 1. The SMILES string of the molecule is CC/C=C/C=C/C=C/C=C/CCCCCC(=O)OC(COC(=O)CCCCCCCCC/C=C/CCCCCCCC)COP(=O)([O-])OCC[N+](C)(C)C. The van der Waals surface area contributed by atoms with Crippen LogP contribution in [0.4, 0.5) is 0 Å². The number of likely N-dealkylation sites (N-methyl/N-ethyl adjacent to an activating group) is 1. The molecule has 0 aliphatic heterocycles. The zero-order valence-corrected chi connectivity index (χ0v) is 35.8. The van der Waals surface area contributed by atoms with Gasteiger partial charge >= 0.3 is 11.9 Å². The number of carbonyl (C=O) groups is 2. The number of rotatable bonds is 37. The van der Waals surface area contributed by atoms with Crippen molar-refractivity contribution in [2.45, 2.75) is 161 Å². The summed E-state index contributed by atoms with van der Waals surface area (Å²) in [7, 11) is 1.13. The lowest BCUT2D eigenvalue weighted by Crippen LogP contribution is -2.37. The molecule has 312 valence electrons. The van der Waals surface area contributed by atoms with Gasteiger partial charge in [0.05, 0.1) is 27.7 Å². The number of hydrogen-bond donors (Lipinski definition) is 0. The predicted octanol–water partition coefficient (Wildman–Crippen LogP) is 11.1. The lowest BCUT2D eigenvalue weighted by atomic mass is 10.1. The van der Waals surface area contributed by atoms with Crippen LogP contribution in [0.1, 0.15) is 155 Å². The van der Waals surface area contributed by atoms with Crippen LogP contribution < -0.4 is 4.89 Å². The van der Waals surface area contributed by atoms with Crippen LogP contribution in [-0.2, 0) is 32.7 Å². The van der Waals surface area contributed by atoms with Gasteiger partial charge in [-0.2, -0.15) is 0 Å². The molecule has 0 aromatic rings. The molecule has 0 spiro atoms. The molecule has 0 heterocycles. The van der Waals surface area contributed by atoms with Gasteiger partial charge in [0.25, 0.3) is 7.82 Å². The van der Waals surface area contributed by atoms with Gasteiger partial charge in [-0.1, -0.05) is 145 Å². The molecule has 0 rings (SSSR count). The van der Waals surface area contributed by atoms with Crippen LogP contribution in [0, 0.1) is 0 Å². The summed E-state index contributed by atoms with van der Waals surface area (Å²) in [6, 6.07) is 0. The van der Waals surface area contributed by atoms with Crippen LogP contribution >= 0.6 is 7.82 Å². The quantitative estimate of drug-likeness (QED) is 0.0153. The van der Waals surface area contributed by atoms with Gasteiger partial charge in [0.1, 0.15) is 19.8 Å². The molecular weight excluding hydrogens is 701 g/mol. The number of ether oxygens (including phenoxy) is 2. The molecule has 0 aliphatic carbocycles. The number of carbonyl (C=O) groups excluding carboxylic acids is 2. The molecule has 0 aromatic carbocycles. The maximum Gasteiger partial charge on any atom is 0.306 e. The summed E-state index contributed by atoms with van der Waals surface area (Å²) >= 11 is 0. The fourth-order valence-corrected chi connectivity index (χ4v) is 6.03. The fourth-order valence-electron chi connectivity index (χ4n) is 5.31. The summed E-state index contributed by atoms with van der Waals surface area (Å²) in [5.41, 5.74) is 0. The van der Waals surface area contributed by atoms with E-state index in [2.05, 4.69) is 38.2 Å². The van der Waals surface area contributed by atoms with Crippen LogP contribution in [0.5, 0.6) is 0 Å². The third kappa shape index (κ3) is 39.4. The van der Waals surface area contributed by atoms with Crippen LogP contribution in [0.15, 0.2) is 60.8 Å². The summed E-state index contributed by atoms with van der Waals surface area (Å²) in [4.78, 5) is 37.4. The number of nitrogens with zero attached hydrogens (tertiary/aromatic N) is 1. The number of unbranched alkanes of at least 4 members (excludes halogenated alkanes) is 16. The van der Waals surface area contributed by atoms with Crippen molar-refractivity contribution in [1.82, 2.24) is 0 Å². The molecule has 0 saturated carbocycles. The number of quaternary nitrogens is 1. The standard InChI is InChI=1S/C44H78NO8P/c1-6-8-10-12-14-16-18-20-21-22-23-25-26-28-30-32-34-36-43(46)50-40-42(41-52-54(48,49)51-39-38-45(3,4)5)53-44(47)37-35-33-31-29-27-24-19-17-15-13-11-9-7-2/h9,11,13,15,17,19-21,24,27,42H,6-8,10,12,14,16,18,22-23,25-26,28-41H2,1-5H3/b11-9+,15-13+,19-17+,21-20+,27-24+. The van der Waals surface area contributed by atoms with E-state index in [0.29, 0.717) is 17.4 Å². The molecule has 2 unspecified atom stereocenters. The van der Waals surface area contributed by atoms with Crippen molar-refractivity contribution in [3.05, 3.63) is 60.8 Å². The summed E-state index contributed by atoms with van der Waals surface area (Å²) in [5, 5.41) is 0. The average Bonchev–Trinajstić information content (AvgIpc) is 3.12. The van der Waals surface area contributed by atoms with Gasteiger partial charge in [0.2, 0.25) is 0 Å². The molecule has 9 nitrogen and oxygen atoms in total. The van der Waals surface area contributed by atoms with Gasteiger partial charge in [0.15, 0.2) is 6.10 Å². The Bertz CT molecular complexity index is 1110. The molecule has 54 heavy (non-hydrogen) atoms. The first-order valence-electron chi connectivity index (χ1n) is 21.0. The largest absolute Gasteiger partial charge is 0.756 e. The highest BCUT2D eigenvalue weighted by molar-refractivity contribution is 7.45. The Morgan fingerprint density at radius 1 is 0.593 bits per heavy atom. The van der Waals surface area contributed by atoms with E-state index in [9.17, 15) is 19.0 Å². The maximum atomic E-state index is 12.6. The van der Waals surface area contributed by atoms with E-state index in [-0.39, 0.29) is 26.1 Å². The van der Waals surface area contributed by atoms with Crippen molar-refractivity contribution in [2.24, 2.45) is 0 Å². The molecular formula is C44H78NO8P. The summed E-state index contributed by atoms with van der Waals surface area (Å²) in [6.07, 6.45) is 42.5. The Kier molecular flexibility index (Phi) is 34.8. The molecule has 0 radical (unpaired) electrons. The van der Waals surface area contributed by atoms with Crippen molar-refractivity contribution in [3.63, 3.8) is 0 Å². The maximum absolute atomic E-state index is 12.6. The van der Waals surface area contributed by atoms with Gasteiger partial charge in [0, 0.05) is 12.8 Å². The monoisotopic (exact) mass is 780 g/mol. The van der Waals surface area contributed by atoms with E-state index >= 15 is 0 Å². The van der Waals surface area contributed by atoms with Crippen LogP contribution in [0.3, 0.4) is 0 Å². The lowest BCUT2D eigenvalue weighted by Gasteiger charge is -2.28. The first-order chi connectivity index (χ1) is 26.0. The van der Waals surface area contributed by atoms with Crippen LogP contribution in [0.25, 0.3) is 0 Å². The molecule has 0 aromatic heterocycles. The van der Waals surface area contributed by atoms with E-state index in [1.807, 2.05) is 57.6 Å². The minimum atomic E-state index is -4.64. The zero-order chi connectivity index (χ0) is 40.0. The van der Waals surface area contributed by atoms with Crippen LogP contribution in [-0.4, -0.2) is 70.0 Å². The Hall–Kier alpha value is -2.29. The van der Waals surface area contributed by atoms with Gasteiger partial charge in [-0.15, -0.1) is 0 Å². The van der Waals surface area contributed by atoms with Gasteiger partial charge in [-0.25, -0.2) is 0 Å². The lowest BCUT2D eigenvalue weighted by molar-refractivity contribution is -0.870. The smallest absolute Gasteiger partial charge is 0.306 e. The second kappa shape index (κ2) is 36.4. The predicted molar refractivity (Wildman–Crippen MR) is 222 cm³/mol. The van der Waals surface area contributed by atoms with Gasteiger partial charge < -0.3 is 27.9 Å². The molecule has 0 N–H and O–H groups in total.